The third-order valence-electron chi connectivity index (χ3n) is 3.16. The first kappa shape index (κ1) is 12.8. The Morgan fingerprint density at radius 2 is 2.24 bits per heavy atom. The average molecular weight is 345 g/mol. The van der Waals surface area contributed by atoms with E-state index in [1.807, 2.05) is 31.3 Å². The Kier molecular flexibility index (Phi) is 4.04. The van der Waals surface area contributed by atoms with E-state index in [0.717, 1.165) is 28.5 Å². The van der Waals surface area contributed by atoms with Gasteiger partial charge < -0.3 is 10.0 Å². The van der Waals surface area contributed by atoms with E-state index in [-0.39, 0.29) is 12.0 Å². The summed E-state index contributed by atoms with van der Waals surface area (Å²) >= 11 is 2.21. The van der Waals surface area contributed by atoms with Crippen LogP contribution < -0.4 is 0 Å². The van der Waals surface area contributed by atoms with Crippen LogP contribution in [-0.2, 0) is 0 Å². The first-order valence-electron chi connectivity index (χ1n) is 5.75. The lowest BCUT2D eigenvalue weighted by molar-refractivity contribution is 0.0265. The molecule has 1 aromatic rings. The second-order valence-electron chi connectivity index (χ2n) is 4.69. The van der Waals surface area contributed by atoms with Crippen LogP contribution in [-0.4, -0.2) is 35.6 Å². The lowest BCUT2D eigenvalue weighted by atomic mass is 9.82. The van der Waals surface area contributed by atoms with Crippen LogP contribution in [0.25, 0.3) is 0 Å². The highest BCUT2D eigenvalue weighted by Gasteiger charge is 2.29. The maximum atomic E-state index is 12.1. The van der Waals surface area contributed by atoms with Gasteiger partial charge in [-0.2, -0.15) is 0 Å². The molecule has 0 unspecified atom stereocenters. The molecule has 0 spiro atoms. The van der Waals surface area contributed by atoms with Gasteiger partial charge in [-0.15, -0.1) is 0 Å². The quantitative estimate of drug-likeness (QED) is 0.853. The average Bonchev–Trinajstić information content (AvgIpc) is 2.26. The Bertz CT molecular complexity index is 416. The molecule has 0 atom stereocenters. The summed E-state index contributed by atoms with van der Waals surface area (Å²) in [4.78, 5) is 13.9. The van der Waals surface area contributed by atoms with Crippen LogP contribution in [0.5, 0.6) is 0 Å². The molecule has 0 aromatic heterocycles. The molecule has 17 heavy (non-hydrogen) atoms. The van der Waals surface area contributed by atoms with E-state index in [0.29, 0.717) is 5.92 Å². The van der Waals surface area contributed by atoms with E-state index in [2.05, 4.69) is 22.6 Å². The molecule has 1 aliphatic rings. The van der Waals surface area contributed by atoms with E-state index in [1.54, 1.807) is 4.90 Å². The fourth-order valence-corrected chi connectivity index (χ4v) is 2.70. The van der Waals surface area contributed by atoms with Crippen molar-refractivity contribution in [3.63, 3.8) is 0 Å². The molecule has 1 aliphatic carbocycles. The molecule has 92 valence electrons. The maximum Gasteiger partial charge on any atom is 0.253 e. The van der Waals surface area contributed by atoms with Gasteiger partial charge in [0.2, 0.25) is 0 Å². The van der Waals surface area contributed by atoms with Crippen molar-refractivity contribution in [1.29, 1.82) is 0 Å². The number of aliphatic hydroxyl groups is 1. The van der Waals surface area contributed by atoms with Crippen molar-refractivity contribution in [2.75, 3.05) is 13.6 Å². The Labute approximate surface area is 115 Å². The van der Waals surface area contributed by atoms with Crippen LogP contribution in [0.2, 0.25) is 0 Å². The molecule has 1 saturated carbocycles. The third-order valence-corrected chi connectivity index (χ3v) is 3.83. The van der Waals surface area contributed by atoms with E-state index in [1.165, 1.54) is 0 Å². The smallest absolute Gasteiger partial charge is 0.253 e. The molecule has 1 aromatic carbocycles. The summed E-state index contributed by atoms with van der Waals surface area (Å²) in [6.07, 6.45) is 1.50. The fraction of sp³-hybridized carbons (Fsp3) is 0.462. The van der Waals surface area contributed by atoms with Gasteiger partial charge in [0.25, 0.3) is 5.91 Å². The van der Waals surface area contributed by atoms with Crippen LogP contribution in [0.15, 0.2) is 24.3 Å². The number of benzene rings is 1. The van der Waals surface area contributed by atoms with Crippen molar-refractivity contribution >= 4 is 28.5 Å². The summed E-state index contributed by atoms with van der Waals surface area (Å²) in [6, 6.07) is 7.61. The maximum absolute atomic E-state index is 12.1. The first-order chi connectivity index (χ1) is 8.06. The van der Waals surface area contributed by atoms with Crippen LogP contribution in [0, 0.1) is 9.49 Å². The molecule has 0 aliphatic heterocycles. The summed E-state index contributed by atoms with van der Waals surface area (Å²) in [6.45, 7) is 0.737. The van der Waals surface area contributed by atoms with Gasteiger partial charge in [-0.1, -0.05) is 6.07 Å². The standard InChI is InChI=1S/C13H16INO2/c1-15(8-9-5-12(16)6-9)13(17)10-3-2-4-11(14)7-10/h2-4,7,9,12,16H,5-6,8H2,1H3. The highest BCUT2D eigenvalue weighted by molar-refractivity contribution is 14.1. The second kappa shape index (κ2) is 5.35. The molecule has 0 radical (unpaired) electrons. The molecule has 0 heterocycles. The number of carbonyl (C=O) groups excluding carboxylic acids is 1. The normalized spacial score (nSPS) is 23.0. The van der Waals surface area contributed by atoms with Gasteiger partial charge in [-0.05, 0) is 59.5 Å². The molecule has 1 fully saturated rings. The lowest BCUT2D eigenvalue weighted by Crippen LogP contribution is -2.39. The van der Waals surface area contributed by atoms with Crippen molar-refractivity contribution < 1.29 is 9.90 Å². The van der Waals surface area contributed by atoms with Gasteiger partial charge in [0.05, 0.1) is 6.10 Å². The summed E-state index contributed by atoms with van der Waals surface area (Å²) in [5.74, 6) is 0.520. The first-order valence-corrected chi connectivity index (χ1v) is 6.83. The van der Waals surface area contributed by atoms with Crippen LogP contribution in [0.1, 0.15) is 23.2 Å². The fourth-order valence-electron chi connectivity index (χ4n) is 2.16. The summed E-state index contributed by atoms with van der Waals surface area (Å²) in [7, 11) is 1.83. The van der Waals surface area contributed by atoms with Crippen molar-refractivity contribution in [3.8, 4) is 0 Å². The minimum absolute atomic E-state index is 0.0601. The zero-order chi connectivity index (χ0) is 12.4. The number of carbonyl (C=O) groups is 1. The number of amides is 1. The summed E-state index contributed by atoms with van der Waals surface area (Å²) in [5, 5.41) is 9.22. The number of aliphatic hydroxyl groups excluding tert-OH is 1. The minimum atomic E-state index is -0.152. The zero-order valence-electron chi connectivity index (χ0n) is 9.77. The number of halogens is 1. The van der Waals surface area contributed by atoms with Gasteiger partial charge in [-0.25, -0.2) is 0 Å². The SMILES string of the molecule is CN(CC1CC(O)C1)C(=O)c1cccc(I)c1. The van der Waals surface area contributed by atoms with Crippen molar-refractivity contribution in [1.82, 2.24) is 4.90 Å². The Hall–Kier alpha value is -0.620. The molecule has 2 rings (SSSR count). The van der Waals surface area contributed by atoms with E-state index >= 15 is 0 Å². The van der Waals surface area contributed by atoms with Crippen LogP contribution >= 0.6 is 22.6 Å². The number of rotatable bonds is 3. The minimum Gasteiger partial charge on any atom is -0.393 e. The van der Waals surface area contributed by atoms with E-state index < -0.39 is 0 Å². The summed E-state index contributed by atoms with van der Waals surface area (Å²) < 4.78 is 1.07. The van der Waals surface area contributed by atoms with Crippen molar-refractivity contribution in [2.45, 2.75) is 18.9 Å². The topological polar surface area (TPSA) is 40.5 Å². The Morgan fingerprint density at radius 1 is 1.53 bits per heavy atom. The Balaban J connectivity index is 1.95. The molecular weight excluding hydrogens is 329 g/mol. The largest absolute Gasteiger partial charge is 0.393 e. The zero-order valence-corrected chi connectivity index (χ0v) is 11.9. The molecule has 3 nitrogen and oxygen atoms in total. The number of hydrogen-bond acceptors (Lipinski definition) is 2. The molecule has 4 heteroatoms. The third kappa shape index (κ3) is 3.19. The van der Waals surface area contributed by atoms with Gasteiger partial charge in [0.15, 0.2) is 0 Å². The second-order valence-corrected chi connectivity index (χ2v) is 5.93. The van der Waals surface area contributed by atoms with Crippen LogP contribution in [0.4, 0.5) is 0 Å². The Morgan fingerprint density at radius 3 is 2.82 bits per heavy atom. The highest BCUT2D eigenvalue weighted by atomic mass is 127. The number of nitrogens with zero attached hydrogens (tertiary/aromatic N) is 1. The molecule has 1 N–H and O–H groups in total. The predicted molar refractivity (Wildman–Crippen MR) is 74.9 cm³/mol. The van der Waals surface area contributed by atoms with E-state index in [9.17, 15) is 9.90 Å². The van der Waals surface area contributed by atoms with E-state index in [4.69, 9.17) is 0 Å². The predicted octanol–water partition coefficient (Wildman–Crippen LogP) is 2.13. The van der Waals surface area contributed by atoms with Crippen molar-refractivity contribution in [3.05, 3.63) is 33.4 Å². The molecule has 0 bridgehead atoms. The van der Waals surface area contributed by atoms with Gasteiger partial charge >= 0.3 is 0 Å². The molecular formula is C13H16INO2. The lowest BCUT2D eigenvalue weighted by Gasteiger charge is -2.34. The van der Waals surface area contributed by atoms with Crippen LogP contribution in [0.3, 0.4) is 0 Å². The molecule has 0 saturated heterocycles. The van der Waals surface area contributed by atoms with Gasteiger partial charge in [0, 0.05) is 22.7 Å². The van der Waals surface area contributed by atoms with Gasteiger partial charge in [-0.3, -0.25) is 4.79 Å². The van der Waals surface area contributed by atoms with Gasteiger partial charge in [0.1, 0.15) is 0 Å². The molecule has 1 amide bonds. The highest BCUT2D eigenvalue weighted by Crippen LogP contribution is 2.27. The monoisotopic (exact) mass is 345 g/mol. The van der Waals surface area contributed by atoms with Crippen molar-refractivity contribution in [2.24, 2.45) is 5.92 Å². The summed E-state index contributed by atoms with van der Waals surface area (Å²) in [5.41, 5.74) is 0.735. The number of hydrogen-bond donors (Lipinski definition) is 1.